The lowest BCUT2D eigenvalue weighted by atomic mass is 10.1. The van der Waals surface area contributed by atoms with Gasteiger partial charge in [-0.1, -0.05) is 23.7 Å². The first kappa shape index (κ1) is 21.2. The van der Waals surface area contributed by atoms with Gasteiger partial charge in [-0.25, -0.2) is 4.98 Å². The number of carbonyl (C=O) groups is 2. The Morgan fingerprint density at radius 2 is 2.06 bits per heavy atom. The Morgan fingerprint density at radius 1 is 1.29 bits per heavy atom. The van der Waals surface area contributed by atoms with Gasteiger partial charge < -0.3 is 19.1 Å². The molecule has 3 aromatic rings. The number of carbonyl (C=O) groups excluding carboxylic acids is 2. The van der Waals surface area contributed by atoms with Gasteiger partial charge in [-0.3, -0.25) is 9.59 Å². The van der Waals surface area contributed by atoms with Crippen LogP contribution in [0.2, 0.25) is 5.02 Å². The number of methoxy groups -OCH3 is 1. The van der Waals surface area contributed by atoms with Gasteiger partial charge in [-0.15, -0.1) is 0 Å². The molecule has 1 fully saturated rings. The minimum absolute atomic E-state index is 0.0773. The van der Waals surface area contributed by atoms with Crippen molar-refractivity contribution in [3.63, 3.8) is 0 Å². The van der Waals surface area contributed by atoms with Crippen LogP contribution in [0.3, 0.4) is 0 Å². The van der Waals surface area contributed by atoms with Crippen LogP contribution in [0.25, 0.3) is 11.0 Å². The molecule has 0 bridgehead atoms. The van der Waals surface area contributed by atoms with Crippen molar-refractivity contribution in [2.75, 3.05) is 25.6 Å². The van der Waals surface area contributed by atoms with Crippen LogP contribution in [0, 0.1) is 5.92 Å². The second kappa shape index (κ2) is 8.59. The predicted molar refractivity (Wildman–Crippen MR) is 120 cm³/mol. The highest BCUT2D eigenvalue weighted by atomic mass is 35.5. The SMILES string of the molecule is CCn1c(CN(C)C(=O)C2CC(=O)N(c3cc(Cl)ccc3OC)C2)nc2ccccc21. The molecule has 4 rings (SSSR count). The molecule has 1 aliphatic rings. The molecular weight excluding hydrogens is 416 g/mol. The number of benzene rings is 2. The third kappa shape index (κ3) is 3.97. The Kier molecular flexibility index (Phi) is 5.87. The Labute approximate surface area is 186 Å². The van der Waals surface area contributed by atoms with Gasteiger partial charge in [0.2, 0.25) is 11.8 Å². The average molecular weight is 441 g/mol. The number of amides is 2. The van der Waals surface area contributed by atoms with Crippen LogP contribution in [-0.4, -0.2) is 47.0 Å². The molecule has 0 aliphatic carbocycles. The molecule has 0 radical (unpaired) electrons. The minimum atomic E-state index is -0.430. The molecular formula is C23H25ClN4O3. The maximum atomic E-state index is 13.2. The molecule has 2 amide bonds. The number of hydrogen-bond acceptors (Lipinski definition) is 4. The molecule has 162 valence electrons. The van der Waals surface area contributed by atoms with E-state index in [1.807, 2.05) is 24.3 Å². The van der Waals surface area contributed by atoms with Gasteiger partial charge in [0.05, 0.1) is 36.3 Å². The van der Waals surface area contributed by atoms with E-state index in [4.69, 9.17) is 21.3 Å². The van der Waals surface area contributed by atoms with Crippen molar-refractivity contribution in [1.29, 1.82) is 0 Å². The number of nitrogens with zero attached hydrogens (tertiary/aromatic N) is 4. The summed E-state index contributed by atoms with van der Waals surface area (Å²) in [6, 6.07) is 13.1. The van der Waals surface area contributed by atoms with Gasteiger partial charge in [0.15, 0.2) is 0 Å². The normalized spacial score (nSPS) is 16.2. The molecule has 2 heterocycles. The first-order valence-corrected chi connectivity index (χ1v) is 10.6. The smallest absolute Gasteiger partial charge is 0.228 e. The number of hydrogen-bond donors (Lipinski definition) is 0. The van der Waals surface area contributed by atoms with Gasteiger partial charge in [-0.2, -0.15) is 0 Å². The molecule has 7 nitrogen and oxygen atoms in total. The summed E-state index contributed by atoms with van der Waals surface area (Å²) in [6.07, 6.45) is 0.156. The van der Waals surface area contributed by atoms with Crippen molar-refractivity contribution in [3.8, 4) is 5.75 Å². The maximum absolute atomic E-state index is 13.2. The summed E-state index contributed by atoms with van der Waals surface area (Å²) >= 11 is 6.12. The van der Waals surface area contributed by atoms with Crippen LogP contribution in [0.4, 0.5) is 5.69 Å². The molecule has 0 saturated carbocycles. The van der Waals surface area contributed by atoms with E-state index in [-0.39, 0.29) is 18.2 Å². The van der Waals surface area contributed by atoms with Crippen LogP contribution in [0.15, 0.2) is 42.5 Å². The lowest BCUT2D eigenvalue weighted by Crippen LogP contribution is -2.35. The first-order chi connectivity index (χ1) is 14.9. The standard InChI is InChI=1S/C23H25ClN4O3/c1-4-27-18-8-6-5-7-17(18)25-21(27)14-26(2)23(30)15-11-22(29)28(13-15)19-12-16(24)9-10-20(19)31-3/h5-10,12,15H,4,11,13-14H2,1-3H3. The van der Waals surface area contributed by atoms with Gasteiger partial charge >= 0.3 is 0 Å². The van der Waals surface area contributed by atoms with Gasteiger partial charge in [0.1, 0.15) is 11.6 Å². The van der Waals surface area contributed by atoms with Crippen molar-refractivity contribution in [2.24, 2.45) is 5.92 Å². The number of fused-ring (bicyclic) bond motifs is 1. The van der Waals surface area contributed by atoms with Crippen molar-refractivity contribution >= 4 is 40.1 Å². The second-order valence-corrected chi connectivity index (χ2v) is 8.11. The molecule has 1 saturated heterocycles. The molecule has 0 N–H and O–H groups in total. The third-order valence-electron chi connectivity index (χ3n) is 5.71. The topological polar surface area (TPSA) is 67.7 Å². The molecule has 1 aliphatic heterocycles. The van der Waals surface area contributed by atoms with E-state index in [1.54, 1.807) is 42.2 Å². The van der Waals surface area contributed by atoms with Crippen molar-refractivity contribution < 1.29 is 14.3 Å². The Hall–Kier alpha value is -3.06. The van der Waals surface area contributed by atoms with Gasteiger partial charge in [0.25, 0.3) is 0 Å². The molecule has 0 spiro atoms. The number of halogens is 1. The molecule has 1 aromatic heterocycles. The van der Waals surface area contributed by atoms with Crippen LogP contribution in [0.1, 0.15) is 19.2 Å². The number of aromatic nitrogens is 2. The van der Waals surface area contributed by atoms with Crippen molar-refractivity contribution in [2.45, 2.75) is 26.4 Å². The number of imidazole rings is 1. The van der Waals surface area contributed by atoms with Crippen LogP contribution >= 0.6 is 11.6 Å². The quantitative estimate of drug-likeness (QED) is 0.585. The summed E-state index contributed by atoms with van der Waals surface area (Å²) < 4.78 is 7.49. The Bertz CT molecular complexity index is 1140. The lowest BCUT2D eigenvalue weighted by molar-refractivity contribution is -0.135. The van der Waals surface area contributed by atoms with Crippen LogP contribution in [0.5, 0.6) is 5.75 Å². The van der Waals surface area contributed by atoms with E-state index in [1.165, 1.54) is 0 Å². The monoisotopic (exact) mass is 440 g/mol. The fourth-order valence-corrected chi connectivity index (χ4v) is 4.35. The summed E-state index contributed by atoms with van der Waals surface area (Å²) in [6.45, 7) is 3.50. The molecule has 1 atom stereocenters. The predicted octanol–water partition coefficient (Wildman–Crippen LogP) is 3.73. The number of anilines is 1. The minimum Gasteiger partial charge on any atom is -0.495 e. The van der Waals surface area contributed by atoms with E-state index in [9.17, 15) is 9.59 Å². The van der Waals surface area contributed by atoms with E-state index in [0.717, 1.165) is 23.4 Å². The zero-order valence-electron chi connectivity index (χ0n) is 17.8. The summed E-state index contributed by atoms with van der Waals surface area (Å²) in [5, 5.41) is 0.508. The fourth-order valence-electron chi connectivity index (χ4n) is 4.18. The molecule has 1 unspecified atom stereocenters. The highest BCUT2D eigenvalue weighted by molar-refractivity contribution is 6.31. The first-order valence-electron chi connectivity index (χ1n) is 10.3. The number of para-hydroxylation sites is 2. The summed E-state index contributed by atoms with van der Waals surface area (Å²) in [4.78, 5) is 33.8. The van der Waals surface area contributed by atoms with Crippen molar-refractivity contribution in [1.82, 2.24) is 14.5 Å². The maximum Gasteiger partial charge on any atom is 0.228 e. The molecule has 2 aromatic carbocycles. The third-order valence-corrected chi connectivity index (χ3v) is 5.95. The number of ether oxygens (including phenoxy) is 1. The van der Waals surface area contributed by atoms with E-state index >= 15 is 0 Å². The van der Waals surface area contributed by atoms with E-state index in [2.05, 4.69) is 11.5 Å². The highest BCUT2D eigenvalue weighted by Crippen LogP contribution is 2.35. The molecule has 8 heteroatoms. The van der Waals surface area contributed by atoms with Gasteiger partial charge in [0, 0.05) is 31.6 Å². The number of rotatable bonds is 6. The zero-order chi connectivity index (χ0) is 22.1. The second-order valence-electron chi connectivity index (χ2n) is 7.68. The summed E-state index contributed by atoms with van der Waals surface area (Å²) in [5.74, 6) is 0.758. The van der Waals surface area contributed by atoms with Gasteiger partial charge in [-0.05, 0) is 37.3 Å². The summed E-state index contributed by atoms with van der Waals surface area (Å²) in [7, 11) is 3.30. The summed E-state index contributed by atoms with van der Waals surface area (Å²) in [5.41, 5.74) is 2.55. The zero-order valence-corrected chi connectivity index (χ0v) is 18.6. The van der Waals surface area contributed by atoms with E-state index < -0.39 is 5.92 Å². The van der Waals surface area contributed by atoms with Crippen LogP contribution < -0.4 is 9.64 Å². The Morgan fingerprint density at radius 3 is 2.81 bits per heavy atom. The fraction of sp³-hybridized carbons (Fsp3) is 0.348. The lowest BCUT2D eigenvalue weighted by Gasteiger charge is -2.22. The molecule has 31 heavy (non-hydrogen) atoms. The Balaban J connectivity index is 1.52. The highest BCUT2D eigenvalue weighted by Gasteiger charge is 2.37. The number of aryl methyl sites for hydroxylation is 1. The largest absolute Gasteiger partial charge is 0.495 e. The van der Waals surface area contributed by atoms with Crippen molar-refractivity contribution in [3.05, 3.63) is 53.3 Å². The van der Waals surface area contributed by atoms with Crippen LogP contribution in [-0.2, 0) is 22.7 Å². The van der Waals surface area contributed by atoms with E-state index in [0.29, 0.717) is 29.5 Å². The average Bonchev–Trinajstić information content (AvgIpc) is 3.32.